The second-order valence-corrected chi connectivity index (χ2v) is 8.42. The topological polar surface area (TPSA) is 144 Å². The van der Waals surface area contributed by atoms with E-state index < -0.39 is 6.04 Å². The molecule has 2 heterocycles. The normalized spacial score (nSPS) is 11.7. The molecule has 0 aliphatic rings. The molecule has 0 unspecified atom stereocenters. The number of amides is 2. The van der Waals surface area contributed by atoms with Gasteiger partial charge in [0.05, 0.1) is 19.5 Å². The van der Waals surface area contributed by atoms with Crippen molar-refractivity contribution >= 4 is 40.0 Å². The average molecular weight is 464 g/mol. The summed E-state index contributed by atoms with van der Waals surface area (Å²) in [6.45, 7) is 1.43. The van der Waals surface area contributed by atoms with Gasteiger partial charge in [-0.1, -0.05) is 23.1 Å². The molecule has 0 aliphatic heterocycles. The molecule has 2 aromatic heterocycles. The van der Waals surface area contributed by atoms with Gasteiger partial charge in [0.25, 0.3) is 5.91 Å². The van der Waals surface area contributed by atoms with Crippen LogP contribution in [0.4, 0.5) is 5.13 Å². The Hall–Kier alpha value is -3.03. The molecule has 1 atom stereocenters. The number of benzene rings is 1. The van der Waals surface area contributed by atoms with Crippen LogP contribution in [0.5, 0.6) is 5.75 Å². The molecule has 2 amide bonds. The van der Waals surface area contributed by atoms with Gasteiger partial charge in [0.15, 0.2) is 11.0 Å². The molecule has 0 radical (unpaired) electrons. The Morgan fingerprint density at radius 3 is 2.58 bits per heavy atom. The number of carbonyl (C=O) groups is 2. The Bertz CT molecular complexity index is 1050. The number of carbonyl (C=O) groups excluding carboxylic acids is 2. The zero-order valence-electron chi connectivity index (χ0n) is 17.0. The van der Waals surface area contributed by atoms with Crippen LogP contribution in [0.15, 0.2) is 29.4 Å². The second-order valence-electron chi connectivity index (χ2n) is 6.30. The highest BCUT2D eigenvalue weighted by Gasteiger charge is 2.22. The maximum atomic E-state index is 12.5. The Labute approximate surface area is 186 Å². The highest BCUT2D eigenvalue weighted by Crippen LogP contribution is 2.21. The number of thioether (sulfide) groups is 1. The molecule has 11 nitrogen and oxygen atoms in total. The first-order valence-corrected chi connectivity index (χ1v) is 10.9. The fourth-order valence-electron chi connectivity index (χ4n) is 2.56. The first kappa shape index (κ1) is 22.7. The van der Waals surface area contributed by atoms with Crippen molar-refractivity contribution in [2.45, 2.75) is 18.1 Å². The fraction of sp³-hybridized carbons (Fsp3) is 0.333. The number of aliphatic hydroxyl groups excluding tert-OH is 1. The molecule has 1 aromatic carbocycles. The van der Waals surface area contributed by atoms with Crippen LogP contribution in [0.25, 0.3) is 0 Å². The SMILES string of the molecule is COc1ccc(C(=O)N[C@@H](CO)c2nnc(SCC(=O)Nc3nnc(C)s3)n2C)cc1. The van der Waals surface area contributed by atoms with Gasteiger partial charge >= 0.3 is 0 Å². The third-order valence-corrected chi connectivity index (χ3v) is 5.90. The van der Waals surface area contributed by atoms with E-state index in [9.17, 15) is 14.7 Å². The van der Waals surface area contributed by atoms with Crippen LogP contribution in [0.2, 0.25) is 0 Å². The van der Waals surface area contributed by atoms with Crippen molar-refractivity contribution in [1.82, 2.24) is 30.3 Å². The zero-order chi connectivity index (χ0) is 22.4. The van der Waals surface area contributed by atoms with Crippen molar-refractivity contribution in [3.05, 3.63) is 40.7 Å². The zero-order valence-corrected chi connectivity index (χ0v) is 18.7. The van der Waals surface area contributed by atoms with Crippen LogP contribution >= 0.6 is 23.1 Å². The molecule has 164 valence electrons. The smallest absolute Gasteiger partial charge is 0.251 e. The number of nitrogens with one attached hydrogen (secondary N) is 2. The van der Waals surface area contributed by atoms with E-state index in [1.807, 2.05) is 0 Å². The summed E-state index contributed by atoms with van der Waals surface area (Å²) in [5, 5.41) is 32.7. The van der Waals surface area contributed by atoms with Crippen LogP contribution in [0.3, 0.4) is 0 Å². The van der Waals surface area contributed by atoms with Gasteiger partial charge in [0, 0.05) is 12.6 Å². The number of nitrogens with zero attached hydrogens (tertiary/aromatic N) is 5. The highest BCUT2D eigenvalue weighted by atomic mass is 32.2. The third-order valence-electron chi connectivity index (χ3n) is 4.13. The number of methoxy groups -OCH3 is 1. The molecule has 3 aromatic rings. The van der Waals surface area contributed by atoms with Gasteiger partial charge in [-0.05, 0) is 31.2 Å². The lowest BCUT2D eigenvalue weighted by Crippen LogP contribution is -2.32. The lowest BCUT2D eigenvalue weighted by Gasteiger charge is -2.16. The van der Waals surface area contributed by atoms with Gasteiger partial charge in [0.1, 0.15) is 16.8 Å². The van der Waals surface area contributed by atoms with E-state index in [-0.39, 0.29) is 24.2 Å². The van der Waals surface area contributed by atoms with Crippen LogP contribution in [-0.2, 0) is 11.8 Å². The van der Waals surface area contributed by atoms with E-state index in [4.69, 9.17) is 4.74 Å². The van der Waals surface area contributed by atoms with Crippen molar-refractivity contribution in [1.29, 1.82) is 0 Å². The van der Waals surface area contributed by atoms with Gasteiger partial charge in [0.2, 0.25) is 11.0 Å². The van der Waals surface area contributed by atoms with Crippen molar-refractivity contribution in [3.8, 4) is 5.75 Å². The molecule has 0 saturated carbocycles. The summed E-state index contributed by atoms with van der Waals surface area (Å²) in [5.74, 6) is 0.470. The van der Waals surface area contributed by atoms with E-state index in [0.717, 1.165) is 5.01 Å². The molecule has 3 N–H and O–H groups in total. The van der Waals surface area contributed by atoms with Crippen molar-refractivity contribution in [2.24, 2.45) is 7.05 Å². The van der Waals surface area contributed by atoms with Crippen molar-refractivity contribution in [3.63, 3.8) is 0 Å². The molecular formula is C18H21N7O4S2. The monoisotopic (exact) mass is 463 g/mol. The number of hydrogen-bond acceptors (Lipinski definition) is 10. The Kier molecular flexibility index (Phi) is 7.55. The first-order chi connectivity index (χ1) is 14.9. The van der Waals surface area contributed by atoms with E-state index >= 15 is 0 Å². The maximum Gasteiger partial charge on any atom is 0.251 e. The van der Waals surface area contributed by atoms with Crippen LogP contribution in [0.1, 0.15) is 27.2 Å². The van der Waals surface area contributed by atoms with Crippen LogP contribution in [0, 0.1) is 6.92 Å². The Balaban J connectivity index is 1.61. The van der Waals surface area contributed by atoms with Gasteiger partial charge in [-0.2, -0.15) is 0 Å². The predicted molar refractivity (Wildman–Crippen MR) is 115 cm³/mol. The maximum absolute atomic E-state index is 12.5. The lowest BCUT2D eigenvalue weighted by molar-refractivity contribution is -0.113. The summed E-state index contributed by atoms with van der Waals surface area (Å²) in [6.07, 6.45) is 0. The Morgan fingerprint density at radius 2 is 1.97 bits per heavy atom. The first-order valence-electron chi connectivity index (χ1n) is 9.09. The van der Waals surface area contributed by atoms with Crippen LogP contribution in [-0.4, -0.2) is 61.4 Å². The summed E-state index contributed by atoms with van der Waals surface area (Å²) in [6, 6.07) is 5.83. The minimum atomic E-state index is -0.764. The number of rotatable bonds is 9. The quantitative estimate of drug-likeness (QED) is 0.398. The number of aromatic nitrogens is 5. The molecule has 0 fully saturated rings. The highest BCUT2D eigenvalue weighted by molar-refractivity contribution is 7.99. The van der Waals surface area contributed by atoms with Gasteiger partial charge in [-0.3, -0.25) is 14.9 Å². The van der Waals surface area contributed by atoms with E-state index in [1.165, 1.54) is 23.1 Å². The standard InChI is InChI=1S/C18H21N7O4S2/c1-10-21-23-17(31-10)20-14(27)9-30-18-24-22-15(25(18)2)13(8-26)19-16(28)11-4-6-12(29-3)7-5-11/h4-7,13,26H,8-9H2,1-3H3,(H,19,28)(H,20,23,27)/t13-/m0/s1. The minimum absolute atomic E-state index is 0.0899. The lowest BCUT2D eigenvalue weighted by atomic mass is 10.2. The molecule has 0 spiro atoms. The average Bonchev–Trinajstić information content (AvgIpc) is 3.35. The molecule has 0 aliphatic carbocycles. The molecule has 0 bridgehead atoms. The number of ether oxygens (including phenoxy) is 1. The number of aliphatic hydroxyl groups is 1. The van der Waals surface area contributed by atoms with E-state index in [1.54, 1.807) is 49.9 Å². The van der Waals surface area contributed by atoms with Crippen molar-refractivity contribution < 1.29 is 19.4 Å². The third kappa shape index (κ3) is 5.77. The van der Waals surface area contributed by atoms with Gasteiger partial charge < -0.3 is 19.7 Å². The Morgan fingerprint density at radius 1 is 1.23 bits per heavy atom. The second kappa shape index (κ2) is 10.3. The molecule has 3 rings (SSSR count). The van der Waals surface area contributed by atoms with Crippen molar-refractivity contribution in [2.75, 3.05) is 24.8 Å². The van der Waals surface area contributed by atoms with E-state index in [0.29, 0.717) is 27.4 Å². The van der Waals surface area contributed by atoms with E-state index in [2.05, 4.69) is 31.0 Å². The van der Waals surface area contributed by atoms with Crippen LogP contribution < -0.4 is 15.4 Å². The molecule has 0 saturated heterocycles. The molecule has 13 heteroatoms. The fourth-order valence-corrected chi connectivity index (χ4v) is 3.89. The molecule has 31 heavy (non-hydrogen) atoms. The summed E-state index contributed by atoms with van der Waals surface area (Å²) >= 11 is 2.46. The van der Waals surface area contributed by atoms with Gasteiger partial charge in [-0.15, -0.1) is 20.4 Å². The summed E-state index contributed by atoms with van der Waals surface area (Å²) < 4.78 is 6.71. The summed E-state index contributed by atoms with van der Waals surface area (Å²) in [4.78, 5) is 24.6. The predicted octanol–water partition coefficient (Wildman–Crippen LogP) is 1.18. The summed E-state index contributed by atoms with van der Waals surface area (Å²) in [7, 11) is 3.24. The molecular weight excluding hydrogens is 442 g/mol. The number of aryl methyl sites for hydroxylation is 1. The number of hydrogen-bond donors (Lipinski definition) is 3. The summed E-state index contributed by atoms with van der Waals surface area (Å²) in [5.41, 5.74) is 0.416. The largest absolute Gasteiger partial charge is 0.497 e. The number of anilines is 1. The minimum Gasteiger partial charge on any atom is -0.497 e. The van der Waals surface area contributed by atoms with Gasteiger partial charge in [-0.25, -0.2) is 0 Å².